The molecule has 0 saturated carbocycles. The van der Waals surface area contributed by atoms with Crippen LogP contribution in [0.1, 0.15) is 18.4 Å². The number of rotatable bonds is 2. The molecule has 1 aliphatic heterocycles. The molecule has 1 aromatic heterocycles. The fourth-order valence-corrected chi connectivity index (χ4v) is 2.09. The zero-order valence-corrected chi connectivity index (χ0v) is 10.7. The van der Waals surface area contributed by atoms with Gasteiger partial charge in [0.15, 0.2) is 0 Å². The van der Waals surface area contributed by atoms with Crippen LogP contribution in [0, 0.1) is 6.92 Å². The predicted molar refractivity (Wildman–Crippen MR) is 68.5 cm³/mol. The van der Waals surface area contributed by atoms with Crippen LogP contribution in [0.25, 0.3) is 0 Å². The summed E-state index contributed by atoms with van der Waals surface area (Å²) in [6, 6.07) is 0. The molecule has 0 spiro atoms. The average Bonchev–Trinajstić information content (AvgIpc) is 2.30. The van der Waals surface area contributed by atoms with Gasteiger partial charge in [-0.3, -0.25) is 0 Å². The first-order valence-corrected chi connectivity index (χ1v) is 6.02. The predicted octanol–water partition coefficient (Wildman–Crippen LogP) is 0.812. The highest BCUT2D eigenvalue weighted by molar-refractivity contribution is 5.48. The number of anilines is 2. The third kappa shape index (κ3) is 2.66. The Morgan fingerprint density at radius 2 is 2.00 bits per heavy atom. The number of hydrogen-bond acceptors (Lipinski definition) is 5. The van der Waals surface area contributed by atoms with Crippen molar-refractivity contribution in [1.82, 2.24) is 9.97 Å². The molecule has 0 unspecified atom stereocenters. The molecule has 1 aliphatic rings. The number of aliphatic hydroxyl groups is 1. The van der Waals surface area contributed by atoms with Gasteiger partial charge in [-0.2, -0.15) is 4.98 Å². The number of aromatic nitrogens is 2. The van der Waals surface area contributed by atoms with Gasteiger partial charge < -0.3 is 14.9 Å². The number of aryl methyl sites for hydroxylation is 1. The molecule has 94 valence electrons. The average molecular weight is 236 g/mol. The Morgan fingerprint density at radius 3 is 2.59 bits per heavy atom. The van der Waals surface area contributed by atoms with Gasteiger partial charge in [0.25, 0.3) is 0 Å². The van der Waals surface area contributed by atoms with Gasteiger partial charge in [-0.15, -0.1) is 0 Å². The van der Waals surface area contributed by atoms with Crippen LogP contribution in [-0.2, 0) is 0 Å². The van der Waals surface area contributed by atoms with Crippen molar-refractivity contribution in [2.24, 2.45) is 0 Å². The first-order chi connectivity index (χ1) is 8.08. The smallest absolute Gasteiger partial charge is 0.227 e. The van der Waals surface area contributed by atoms with Gasteiger partial charge in [-0.1, -0.05) is 0 Å². The second kappa shape index (κ2) is 4.87. The molecule has 1 saturated heterocycles. The van der Waals surface area contributed by atoms with Crippen molar-refractivity contribution in [3.05, 3.63) is 11.8 Å². The maximum atomic E-state index is 9.49. The summed E-state index contributed by atoms with van der Waals surface area (Å²) in [5.41, 5.74) is 1.08. The van der Waals surface area contributed by atoms with Crippen LogP contribution in [0.15, 0.2) is 6.20 Å². The summed E-state index contributed by atoms with van der Waals surface area (Å²) < 4.78 is 0. The molecule has 5 heteroatoms. The SMILES string of the molecule is Cc1cnc(N2CCC(O)CC2)nc1N(C)C. The molecule has 0 aromatic carbocycles. The number of aliphatic hydroxyl groups excluding tert-OH is 1. The molecule has 0 aliphatic carbocycles. The number of nitrogens with zero attached hydrogens (tertiary/aromatic N) is 4. The topological polar surface area (TPSA) is 52.5 Å². The molecule has 5 nitrogen and oxygen atoms in total. The van der Waals surface area contributed by atoms with E-state index >= 15 is 0 Å². The van der Waals surface area contributed by atoms with Crippen molar-refractivity contribution in [3.8, 4) is 0 Å². The summed E-state index contributed by atoms with van der Waals surface area (Å²) >= 11 is 0. The van der Waals surface area contributed by atoms with Crippen LogP contribution in [-0.4, -0.2) is 48.4 Å². The van der Waals surface area contributed by atoms with Gasteiger partial charge in [0.1, 0.15) is 5.82 Å². The highest BCUT2D eigenvalue weighted by Crippen LogP contribution is 2.20. The van der Waals surface area contributed by atoms with Crippen LogP contribution in [0.5, 0.6) is 0 Å². The van der Waals surface area contributed by atoms with E-state index in [4.69, 9.17) is 0 Å². The standard InChI is InChI=1S/C12H20N4O/c1-9-8-13-12(14-11(9)15(2)3)16-6-4-10(17)5-7-16/h8,10,17H,4-7H2,1-3H3. The Hall–Kier alpha value is -1.36. The Kier molecular flexibility index (Phi) is 3.47. The molecule has 0 radical (unpaired) electrons. The van der Waals surface area contributed by atoms with E-state index in [0.29, 0.717) is 0 Å². The van der Waals surface area contributed by atoms with Crippen LogP contribution in [0.4, 0.5) is 11.8 Å². The molecular formula is C12H20N4O. The van der Waals surface area contributed by atoms with E-state index in [2.05, 4.69) is 14.9 Å². The van der Waals surface area contributed by atoms with E-state index in [1.807, 2.05) is 32.1 Å². The minimum absolute atomic E-state index is 0.162. The second-order valence-electron chi connectivity index (χ2n) is 4.79. The molecule has 1 N–H and O–H groups in total. The molecule has 1 aromatic rings. The lowest BCUT2D eigenvalue weighted by Gasteiger charge is -2.30. The van der Waals surface area contributed by atoms with Crippen molar-refractivity contribution in [3.63, 3.8) is 0 Å². The Balaban J connectivity index is 2.19. The third-order valence-corrected chi connectivity index (χ3v) is 3.10. The Labute approximate surface area is 102 Å². The van der Waals surface area contributed by atoms with Crippen molar-refractivity contribution in [2.75, 3.05) is 37.0 Å². The fourth-order valence-electron chi connectivity index (χ4n) is 2.09. The van der Waals surface area contributed by atoms with Crippen molar-refractivity contribution in [2.45, 2.75) is 25.9 Å². The quantitative estimate of drug-likeness (QED) is 0.823. The number of hydrogen-bond donors (Lipinski definition) is 1. The van der Waals surface area contributed by atoms with E-state index in [1.54, 1.807) is 0 Å². The summed E-state index contributed by atoms with van der Waals surface area (Å²) in [5.74, 6) is 1.73. The number of piperidine rings is 1. The Bertz CT molecular complexity index is 386. The van der Waals surface area contributed by atoms with E-state index in [1.165, 1.54) is 0 Å². The Morgan fingerprint density at radius 1 is 1.35 bits per heavy atom. The summed E-state index contributed by atoms with van der Waals surface area (Å²) in [6.07, 6.45) is 3.30. The maximum absolute atomic E-state index is 9.49. The molecule has 17 heavy (non-hydrogen) atoms. The van der Waals surface area contributed by atoms with Crippen LogP contribution in [0.3, 0.4) is 0 Å². The molecule has 0 amide bonds. The fraction of sp³-hybridized carbons (Fsp3) is 0.667. The molecule has 0 bridgehead atoms. The zero-order chi connectivity index (χ0) is 12.4. The van der Waals surface area contributed by atoms with Crippen LogP contribution in [0.2, 0.25) is 0 Å². The lowest BCUT2D eigenvalue weighted by molar-refractivity contribution is 0.145. The second-order valence-corrected chi connectivity index (χ2v) is 4.79. The third-order valence-electron chi connectivity index (χ3n) is 3.10. The lowest BCUT2D eigenvalue weighted by atomic mass is 10.1. The van der Waals surface area contributed by atoms with E-state index in [0.717, 1.165) is 43.3 Å². The highest BCUT2D eigenvalue weighted by atomic mass is 16.3. The zero-order valence-electron chi connectivity index (χ0n) is 10.7. The summed E-state index contributed by atoms with van der Waals surface area (Å²) in [7, 11) is 3.97. The van der Waals surface area contributed by atoms with Crippen molar-refractivity contribution < 1.29 is 5.11 Å². The molecule has 2 rings (SSSR count). The highest BCUT2D eigenvalue weighted by Gasteiger charge is 2.19. The van der Waals surface area contributed by atoms with Gasteiger partial charge in [0.05, 0.1) is 6.10 Å². The van der Waals surface area contributed by atoms with E-state index < -0.39 is 0 Å². The molecule has 1 fully saturated rings. The van der Waals surface area contributed by atoms with Crippen LogP contribution < -0.4 is 9.80 Å². The summed E-state index contributed by atoms with van der Waals surface area (Å²) in [5, 5.41) is 9.49. The minimum atomic E-state index is -0.162. The molecule has 2 heterocycles. The van der Waals surface area contributed by atoms with E-state index in [9.17, 15) is 5.11 Å². The van der Waals surface area contributed by atoms with Gasteiger partial charge >= 0.3 is 0 Å². The van der Waals surface area contributed by atoms with Gasteiger partial charge in [-0.25, -0.2) is 4.98 Å². The summed E-state index contributed by atoms with van der Waals surface area (Å²) in [4.78, 5) is 13.1. The maximum Gasteiger partial charge on any atom is 0.227 e. The van der Waals surface area contributed by atoms with Crippen molar-refractivity contribution in [1.29, 1.82) is 0 Å². The van der Waals surface area contributed by atoms with Crippen molar-refractivity contribution >= 4 is 11.8 Å². The van der Waals surface area contributed by atoms with Gasteiger partial charge in [0.2, 0.25) is 5.95 Å². The largest absolute Gasteiger partial charge is 0.393 e. The first-order valence-electron chi connectivity index (χ1n) is 6.02. The van der Waals surface area contributed by atoms with E-state index in [-0.39, 0.29) is 6.10 Å². The molecule has 0 atom stereocenters. The van der Waals surface area contributed by atoms with Gasteiger partial charge in [-0.05, 0) is 19.8 Å². The normalized spacial score (nSPS) is 17.3. The summed E-state index contributed by atoms with van der Waals surface area (Å²) in [6.45, 7) is 3.67. The lowest BCUT2D eigenvalue weighted by Crippen LogP contribution is -2.37. The van der Waals surface area contributed by atoms with Gasteiger partial charge in [0, 0.05) is 38.9 Å². The van der Waals surface area contributed by atoms with Crippen LogP contribution >= 0.6 is 0 Å². The monoisotopic (exact) mass is 236 g/mol. The molecular weight excluding hydrogens is 216 g/mol. The minimum Gasteiger partial charge on any atom is -0.393 e. The first kappa shape index (κ1) is 12.1.